The number of non-ortho nitro benzene ring substituents is 1. The van der Waals surface area contributed by atoms with Crippen molar-refractivity contribution in [3.05, 3.63) is 76.2 Å². The molecule has 0 unspecified atom stereocenters. The topological polar surface area (TPSA) is 117 Å². The fourth-order valence-corrected chi connectivity index (χ4v) is 1.74. The minimum Gasteiger partial charge on any atom is -0.510 e. The maximum Gasteiger partial charge on any atom is 0.279 e. The van der Waals surface area contributed by atoms with E-state index in [0.29, 0.717) is 11.4 Å². The highest BCUT2D eigenvalue weighted by molar-refractivity contribution is 6.03. The molecule has 0 aliphatic heterocycles. The molecule has 0 saturated heterocycles. The molecule has 8 nitrogen and oxygen atoms in total. The number of benzene rings is 2. The smallest absolute Gasteiger partial charge is 0.279 e. The van der Waals surface area contributed by atoms with Crippen LogP contribution in [0.1, 0.15) is 6.92 Å². The lowest BCUT2D eigenvalue weighted by Crippen LogP contribution is -2.14. The van der Waals surface area contributed by atoms with Crippen LogP contribution in [-0.4, -0.2) is 15.9 Å². The second kappa shape index (κ2) is 7.63. The molecular formula is C16H14N4O4. The number of nitrogens with zero attached hydrogens (tertiary/aromatic N) is 3. The number of rotatable bonds is 5. The predicted molar refractivity (Wildman–Crippen MR) is 88.0 cm³/mol. The zero-order valence-electron chi connectivity index (χ0n) is 12.7. The molecule has 2 rings (SSSR count). The van der Waals surface area contributed by atoms with Gasteiger partial charge in [-0.3, -0.25) is 14.9 Å². The van der Waals surface area contributed by atoms with E-state index in [1.807, 2.05) is 0 Å². The first kappa shape index (κ1) is 16.8. The molecule has 0 fully saturated rings. The van der Waals surface area contributed by atoms with E-state index in [0.717, 1.165) is 0 Å². The van der Waals surface area contributed by atoms with Crippen LogP contribution in [0.2, 0.25) is 0 Å². The summed E-state index contributed by atoms with van der Waals surface area (Å²) < 4.78 is 0. The van der Waals surface area contributed by atoms with Crippen molar-refractivity contribution in [2.45, 2.75) is 6.92 Å². The van der Waals surface area contributed by atoms with Gasteiger partial charge in [-0.1, -0.05) is 18.2 Å². The Hall–Kier alpha value is -3.55. The Morgan fingerprint density at radius 2 is 1.75 bits per heavy atom. The van der Waals surface area contributed by atoms with E-state index < -0.39 is 10.8 Å². The molecule has 0 atom stereocenters. The first-order valence-corrected chi connectivity index (χ1v) is 6.90. The van der Waals surface area contributed by atoms with Gasteiger partial charge in [0.25, 0.3) is 11.6 Å². The summed E-state index contributed by atoms with van der Waals surface area (Å²) in [5.41, 5.74) is 0.528. The molecule has 1 amide bonds. The number of carbonyl (C=O) groups is 1. The van der Waals surface area contributed by atoms with E-state index in [-0.39, 0.29) is 17.1 Å². The normalized spacial score (nSPS) is 11.9. The molecule has 0 saturated carbocycles. The molecule has 0 heterocycles. The number of hydrogen-bond acceptors (Lipinski definition) is 6. The van der Waals surface area contributed by atoms with Crippen molar-refractivity contribution in [1.82, 2.24) is 0 Å². The van der Waals surface area contributed by atoms with Gasteiger partial charge in [-0.2, -0.15) is 5.11 Å². The van der Waals surface area contributed by atoms with E-state index in [1.165, 1.54) is 31.2 Å². The number of amides is 1. The van der Waals surface area contributed by atoms with E-state index in [2.05, 4.69) is 15.5 Å². The lowest BCUT2D eigenvalue weighted by Gasteiger charge is -2.05. The highest BCUT2D eigenvalue weighted by Gasteiger charge is 2.13. The largest absolute Gasteiger partial charge is 0.510 e. The maximum atomic E-state index is 12.1. The molecule has 0 radical (unpaired) electrons. The van der Waals surface area contributed by atoms with Gasteiger partial charge in [0.15, 0.2) is 5.70 Å². The first-order chi connectivity index (χ1) is 11.5. The van der Waals surface area contributed by atoms with Gasteiger partial charge in [-0.25, -0.2) is 0 Å². The van der Waals surface area contributed by atoms with Crippen LogP contribution in [0, 0.1) is 10.1 Å². The van der Waals surface area contributed by atoms with Gasteiger partial charge in [0.2, 0.25) is 0 Å². The molecule has 0 bridgehead atoms. The van der Waals surface area contributed by atoms with Gasteiger partial charge in [0, 0.05) is 17.8 Å². The number of carbonyl (C=O) groups excluding carboxylic acids is 1. The van der Waals surface area contributed by atoms with Gasteiger partial charge in [0.05, 0.1) is 10.6 Å². The third-order valence-corrected chi connectivity index (χ3v) is 2.92. The van der Waals surface area contributed by atoms with Crippen LogP contribution in [0.15, 0.2) is 76.3 Å². The number of nitro benzene ring substituents is 1. The molecule has 8 heteroatoms. The minimum atomic E-state index is -0.619. The van der Waals surface area contributed by atoms with Crippen molar-refractivity contribution in [3.8, 4) is 0 Å². The number of anilines is 1. The van der Waals surface area contributed by atoms with Gasteiger partial charge in [-0.05, 0) is 31.2 Å². The standard InChI is InChI=1S/C16H14N4O4/c1-11(21)15(16(22)17-12-5-3-2-4-6-12)19-18-13-7-9-14(10-8-13)20(23)24/h2-10,21H,1H3,(H,17,22)/b15-11-,19-18?. The number of aliphatic hydroxyl groups is 1. The summed E-state index contributed by atoms with van der Waals surface area (Å²) in [6.45, 7) is 1.31. The average molecular weight is 326 g/mol. The summed E-state index contributed by atoms with van der Waals surface area (Å²) in [5.74, 6) is -0.916. The van der Waals surface area contributed by atoms with Crippen molar-refractivity contribution in [3.63, 3.8) is 0 Å². The van der Waals surface area contributed by atoms with Gasteiger partial charge in [-0.15, -0.1) is 5.11 Å². The third kappa shape index (κ3) is 4.47. The fraction of sp³-hybridized carbons (Fsp3) is 0.0625. The molecule has 24 heavy (non-hydrogen) atoms. The Bertz CT molecular complexity index is 795. The SMILES string of the molecule is C/C(O)=C(/N=Nc1ccc([N+](=O)[O-])cc1)C(=O)Nc1ccccc1. The van der Waals surface area contributed by atoms with Crippen molar-refractivity contribution in [1.29, 1.82) is 0 Å². The van der Waals surface area contributed by atoms with Crippen molar-refractivity contribution in [2.75, 3.05) is 5.32 Å². The quantitative estimate of drug-likeness (QED) is 0.282. The molecule has 0 spiro atoms. The second-order valence-corrected chi connectivity index (χ2v) is 4.73. The summed E-state index contributed by atoms with van der Waals surface area (Å²) in [4.78, 5) is 22.2. The minimum absolute atomic E-state index is 0.0788. The van der Waals surface area contributed by atoms with Crippen molar-refractivity contribution >= 4 is 23.0 Å². The van der Waals surface area contributed by atoms with E-state index >= 15 is 0 Å². The van der Waals surface area contributed by atoms with Crippen molar-refractivity contribution in [2.24, 2.45) is 10.2 Å². The number of nitro groups is 1. The highest BCUT2D eigenvalue weighted by atomic mass is 16.6. The van der Waals surface area contributed by atoms with Crippen LogP contribution < -0.4 is 5.32 Å². The van der Waals surface area contributed by atoms with Gasteiger partial charge < -0.3 is 10.4 Å². The van der Waals surface area contributed by atoms with Crippen LogP contribution in [0.5, 0.6) is 0 Å². The summed E-state index contributed by atoms with van der Waals surface area (Å²) in [6.07, 6.45) is 0. The molecular weight excluding hydrogens is 312 g/mol. The van der Waals surface area contributed by atoms with E-state index in [9.17, 15) is 20.0 Å². The molecule has 2 aromatic rings. The lowest BCUT2D eigenvalue weighted by molar-refractivity contribution is -0.384. The van der Waals surface area contributed by atoms with Crippen molar-refractivity contribution < 1.29 is 14.8 Å². The zero-order chi connectivity index (χ0) is 17.5. The summed E-state index contributed by atoms with van der Waals surface area (Å²) in [5, 5.41) is 30.4. The number of aliphatic hydroxyl groups excluding tert-OH is 1. The fourth-order valence-electron chi connectivity index (χ4n) is 1.74. The van der Waals surface area contributed by atoms with Crippen LogP contribution in [0.4, 0.5) is 17.1 Å². The molecule has 0 aromatic heterocycles. The Morgan fingerprint density at radius 3 is 2.29 bits per heavy atom. The second-order valence-electron chi connectivity index (χ2n) is 4.73. The third-order valence-electron chi connectivity index (χ3n) is 2.92. The molecule has 0 aliphatic carbocycles. The highest BCUT2D eigenvalue weighted by Crippen LogP contribution is 2.20. The first-order valence-electron chi connectivity index (χ1n) is 6.90. The van der Waals surface area contributed by atoms with Crippen LogP contribution >= 0.6 is 0 Å². The molecule has 122 valence electrons. The Morgan fingerprint density at radius 1 is 1.12 bits per heavy atom. The average Bonchev–Trinajstić information content (AvgIpc) is 2.56. The summed E-state index contributed by atoms with van der Waals surface area (Å²) >= 11 is 0. The Balaban J connectivity index is 2.15. The monoisotopic (exact) mass is 326 g/mol. The number of allylic oxidation sites excluding steroid dienone is 1. The summed E-state index contributed by atoms with van der Waals surface area (Å²) in [7, 11) is 0. The van der Waals surface area contributed by atoms with E-state index in [1.54, 1.807) is 30.3 Å². The molecule has 2 N–H and O–H groups in total. The molecule has 2 aromatic carbocycles. The van der Waals surface area contributed by atoms with E-state index in [4.69, 9.17) is 0 Å². The summed E-state index contributed by atoms with van der Waals surface area (Å²) in [6, 6.07) is 14.0. The van der Waals surface area contributed by atoms with Crippen LogP contribution in [-0.2, 0) is 4.79 Å². The Labute approximate surface area is 137 Å². The zero-order valence-corrected chi connectivity index (χ0v) is 12.7. The van der Waals surface area contributed by atoms with Crippen LogP contribution in [0.25, 0.3) is 0 Å². The van der Waals surface area contributed by atoms with Crippen LogP contribution in [0.3, 0.4) is 0 Å². The number of hydrogen-bond donors (Lipinski definition) is 2. The van der Waals surface area contributed by atoms with Gasteiger partial charge >= 0.3 is 0 Å². The van der Waals surface area contributed by atoms with Gasteiger partial charge in [0.1, 0.15) is 5.76 Å². The number of azo groups is 1. The predicted octanol–water partition coefficient (Wildman–Crippen LogP) is 4.11. The number of para-hydroxylation sites is 1. The maximum absolute atomic E-state index is 12.1. The number of nitrogens with one attached hydrogen (secondary N) is 1. The molecule has 0 aliphatic rings. The lowest BCUT2D eigenvalue weighted by atomic mass is 10.3. The Kier molecular flexibility index (Phi) is 5.35.